The summed E-state index contributed by atoms with van der Waals surface area (Å²) < 4.78 is 0. The Balaban J connectivity index is 1.49. The smallest absolute Gasteiger partial charge is 0.272 e. The van der Waals surface area contributed by atoms with Crippen LogP contribution >= 0.6 is 46.6 Å². The molecule has 6 nitrogen and oxygen atoms in total. The van der Waals surface area contributed by atoms with E-state index in [0.717, 1.165) is 4.90 Å². The zero-order valence-corrected chi connectivity index (χ0v) is 24.7. The van der Waals surface area contributed by atoms with Crippen molar-refractivity contribution in [2.45, 2.75) is 17.1 Å². The fourth-order valence-electron chi connectivity index (χ4n) is 3.62. The Kier molecular flexibility index (Phi) is 10.5. The molecule has 0 saturated carbocycles. The van der Waals surface area contributed by atoms with Crippen molar-refractivity contribution in [3.05, 3.63) is 129 Å². The minimum Gasteiger partial charge on any atom is -0.324 e. The number of anilines is 2. The van der Waals surface area contributed by atoms with Crippen molar-refractivity contribution in [3.8, 4) is 0 Å². The number of hydrogen-bond acceptors (Lipinski definition) is 4. The number of rotatable bonds is 9. The minimum atomic E-state index is -0.544. The Bertz CT molecular complexity index is 1610. The predicted octanol–water partition coefficient (Wildman–Crippen LogP) is 8.18. The first-order valence-corrected chi connectivity index (χ1v) is 14.4. The lowest BCUT2D eigenvalue weighted by Gasteiger charge is -2.15. The average molecular weight is 625 g/mol. The number of carbonyl (C=O) groups is 3. The molecule has 4 rings (SSSR count). The van der Waals surface area contributed by atoms with Gasteiger partial charge in [0.1, 0.15) is 5.70 Å². The fourth-order valence-corrected chi connectivity index (χ4v) is 5.07. The van der Waals surface area contributed by atoms with Crippen LogP contribution in [0.2, 0.25) is 15.1 Å². The molecular formula is C31H24Cl3N3O3S. The SMILES string of the molecule is CC(Sc1cccc(NC(=O)/C(=C\c2ccccc2Cl)NC(=O)c2ccccc2)c1)C(=O)Nc1cc(Cl)ccc1Cl. The lowest BCUT2D eigenvalue weighted by Crippen LogP contribution is -2.30. The fraction of sp³-hybridized carbons (Fsp3) is 0.0645. The molecule has 0 saturated heterocycles. The molecule has 0 aliphatic rings. The number of benzene rings is 4. The summed E-state index contributed by atoms with van der Waals surface area (Å²) in [6, 6.07) is 27.4. The summed E-state index contributed by atoms with van der Waals surface area (Å²) in [7, 11) is 0. The third kappa shape index (κ3) is 8.62. The Morgan fingerprint density at radius 1 is 0.780 bits per heavy atom. The van der Waals surface area contributed by atoms with Crippen molar-refractivity contribution in [1.82, 2.24) is 5.32 Å². The van der Waals surface area contributed by atoms with Crippen molar-refractivity contribution in [3.63, 3.8) is 0 Å². The van der Waals surface area contributed by atoms with Crippen molar-refractivity contribution < 1.29 is 14.4 Å². The van der Waals surface area contributed by atoms with Crippen LogP contribution in [0, 0.1) is 0 Å². The minimum absolute atomic E-state index is 0.0103. The number of thioether (sulfide) groups is 1. The van der Waals surface area contributed by atoms with Crippen LogP contribution in [0.15, 0.2) is 108 Å². The van der Waals surface area contributed by atoms with Crippen LogP contribution in [-0.4, -0.2) is 23.0 Å². The van der Waals surface area contributed by atoms with Gasteiger partial charge in [-0.05, 0) is 73.2 Å². The van der Waals surface area contributed by atoms with Gasteiger partial charge in [-0.1, -0.05) is 77.3 Å². The molecule has 0 radical (unpaired) electrons. The first-order valence-electron chi connectivity index (χ1n) is 12.4. The topological polar surface area (TPSA) is 87.3 Å². The summed E-state index contributed by atoms with van der Waals surface area (Å²) in [5, 5.41) is 9.08. The average Bonchev–Trinajstić information content (AvgIpc) is 2.96. The number of amides is 3. The van der Waals surface area contributed by atoms with Crippen LogP contribution in [0.1, 0.15) is 22.8 Å². The molecule has 41 heavy (non-hydrogen) atoms. The van der Waals surface area contributed by atoms with Crippen LogP contribution in [-0.2, 0) is 9.59 Å². The van der Waals surface area contributed by atoms with Gasteiger partial charge in [0.2, 0.25) is 5.91 Å². The lowest BCUT2D eigenvalue weighted by atomic mass is 10.1. The van der Waals surface area contributed by atoms with Crippen LogP contribution in [0.5, 0.6) is 0 Å². The van der Waals surface area contributed by atoms with Gasteiger partial charge >= 0.3 is 0 Å². The van der Waals surface area contributed by atoms with Gasteiger partial charge in [0.05, 0.1) is 16.0 Å². The Labute approximate surface area is 257 Å². The number of hydrogen-bond donors (Lipinski definition) is 3. The third-order valence-electron chi connectivity index (χ3n) is 5.69. The first kappa shape index (κ1) is 30.2. The molecule has 0 aliphatic carbocycles. The van der Waals surface area contributed by atoms with E-state index >= 15 is 0 Å². The molecule has 4 aromatic rings. The summed E-state index contributed by atoms with van der Waals surface area (Å²) in [6.07, 6.45) is 1.52. The van der Waals surface area contributed by atoms with Crippen molar-refractivity contribution >= 4 is 81.7 Å². The van der Waals surface area contributed by atoms with Crippen molar-refractivity contribution in [2.75, 3.05) is 10.6 Å². The van der Waals surface area contributed by atoms with E-state index in [1.807, 2.05) is 6.07 Å². The summed E-state index contributed by atoms with van der Waals surface area (Å²) in [6.45, 7) is 1.76. The van der Waals surface area contributed by atoms with E-state index in [-0.39, 0.29) is 11.6 Å². The number of nitrogens with one attached hydrogen (secondary N) is 3. The standard InChI is InChI=1S/C31H24Cl3N3O3S/c1-19(29(38)36-27-17-22(32)14-15-26(27)34)41-24-12-7-11-23(18-24)35-31(40)28(16-21-10-5-6-13-25(21)33)37-30(39)20-8-3-2-4-9-20/h2-19H,1H3,(H,35,40)(H,36,38)(H,37,39)/b28-16+. The highest BCUT2D eigenvalue weighted by Crippen LogP contribution is 2.29. The highest BCUT2D eigenvalue weighted by atomic mass is 35.5. The lowest BCUT2D eigenvalue weighted by molar-refractivity contribution is -0.115. The largest absolute Gasteiger partial charge is 0.324 e. The van der Waals surface area contributed by atoms with Gasteiger partial charge in [-0.15, -0.1) is 11.8 Å². The second-order valence-corrected chi connectivity index (χ2v) is 11.4. The van der Waals surface area contributed by atoms with Gasteiger partial charge in [0.15, 0.2) is 0 Å². The van der Waals surface area contributed by atoms with E-state index in [0.29, 0.717) is 37.6 Å². The van der Waals surface area contributed by atoms with Crippen LogP contribution < -0.4 is 16.0 Å². The molecule has 0 bridgehead atoms. The van der Waals surface area contributed by atoms with Gasteiger partial charge in [-0.2, -0.15) is 0 Å². The number of carbonyl (C=O) groups excluding carboxylic acids is 3. The summed E-state index contributed by atoms with van der Waals surface area (Å²) >= 11 is 19.8. The third-order valence-corrected chi connectivity index (χ3v) is 7.70. The Morgan fingerprint density at radius 2 is 1.51 bits per heavy atom. The highest BCUT2D eigenvalue weighted by Gasteiger charge is 2.18. The maximum atomic E-state index is 13.4. The molecular weight excluding hydrogens is 601 g/mol. The first-order chi connectivity index (χ1) is 19.7. The summed E-state index contributed by atoms with van der Waals surface area (Å²) in [5.41, 5.74) is 1.88. The van der Waals surface area contributed by atoms with E-state index in [9.17, 15) is 14.4 Å². The number of halogens is 3. The van der Waals surface area contributed by atoms with Crippen LogP contribution in [0.25, 0.3) is 6.08 Å². The van der Waals surface area contributed by atoms with Gasteiger partial charge in [-0.25, -0.2) is 0 Å². The second kappa shape index (κ2) is 14.2. The molecule has 4 aromatic carbocycles. The molecule has 1 unspecified atom stereocenters. The van der Waals surface area contributed by atoms with E-state index in [1.165, 1.54) is 17.8 Å². The van der Waals surface area contributed by atoms with Crippen molar-refractivity contribution in [2.24, 2.45) is 0 Å². The van der Waals surface area contributed by atoms with Gasteiger partial charge in [0.25, 0.3) is 11.8 Å². The molecule has 0 fully saturated rings. The molecule has 10 heteroatoms. The quantitative estimate of drug-likeness (QED) is 0.129. The summed E-state index contributed by atoms with van der Waals surface area (Å²) in [4.78, 5) is 39.8. The molecule has 1 atom stereocenters. The zero-order valence-electron chi connectivity index (χ0n) is 21.7. The molecule has 3 amide bonds. The second-order valence-electron chi connectivity index (χ2n) is 8.76. The molecule has 0 aliphatic heterocycles. The molecule has 208 valence electrons. The Hall–Kier alpha value is -3.75. The monoisotopic (exact) mass is 623 g/mol. The molecule has 3 N–H and O–H groups in total. The molecule has 0 heterocycles. The van der Waals surface area contributed by atoms with E-state index in [1.54, 1.807) is 97.9 Å². The van der Waals surface area contributed by atoms with Gasteiger partial charge < -0.3 is 16.0 Å². The van der Waals surface area contributed by atoms with Crippen molar-refractivity contribution in [1.29, 1.82) is 0 Å². The Morgan fingerprint density at radius 3 is 2.27 bits per heavy atom. The maximum absolute atomic E-state index is 13.4. The van der Waals surface area contributed by atoms with Crippen LogP contribution in [0.3, 0.4) is 0 Å². The highest BCUT2D eigenvalue weighted by molar-refractivity contribution is 8.00. The molecule has 0 spiro atoms. The van der Waals surface area contributed by atoms with E-state index < -0.39 is 17.1 Å². The van der Waals surface area contributed by atoms with E-state index in [4.69, 9.17) is 34.8 Å². The molecule has 0 aromatic heterocycles. The normalized spacial score (nSPS) is 11.9. The summed E-state index contributed by atoms with van der Waals surface area (Å²) in [5.74, 6) is -1.25. The van der Waals surface area contributed by atoms with Crippen LogP contribution in [0.4, 0.5) is 11.4 Å². The van der Waals surface area contributed by atoms with E-state index in [2.05, 4.69) is 16.0 Å². The predicted molar refractivity (Wildman–Crippen MR) is 169 cm³/mol. The zero-order chi connectivity index (χ0) is 29.4. The van der Waals surface area contributed by atoms with Gasteiger partial charge in [-0.3, -0.25) is 14.4 Å². The maximum Gasteiger partial charge on any atom is 0.272 e. The van der Waals surface area contributed by atoms with Gasteiger partial charge in [0, 0.05) is 26.2 Å².